The highest BCUT2D eigenvalue weighted by Crippen LogP contribution is 2.37. The minimum Gasteiger partial charge on any atom is -0.394 e. The first-order valence-corrected chi connectivity index (χ1v) is 21.6. The maximum atomic E-state index is 10.4. The van der Waals surface area contributed by atoms with Gasteiger partial charge in [0.2, 0.25) is 0 Å². The van der Waals surface area contributed by atoms with E-state index in [4.69, 9.17) is 62.3 Å². The van der Waals surface area contributed by atoms with Crippen molar-refractivity contribution in [1.29, 1.82) is 1.45 Å². The molecule has 5 saturated heterocycles. The van der Waals surface area contributed by atoms with Crippen LogP contribution in [0.25, 0.3) is 0 Å². The molecule has 0 bridgehead atoms. The van der Waals surface area contributed by atoms with Gasteiger partial charge in [0.25, 0.3) is 1.45 Å². The van der Waals surface area contributed by atoms with Crippen LogP contribution in [0.5, 0.6) is 0 Å². The van der Waals surface area contributed by atoms with Gasteiger partial charge in [-0.1, -0.05) is 35.1 Å². The van der Waals surface area contributed by atoms with Crippen LogP contribution in [0.2, 0.25) is 0 Å². The third-order valence-electron chi connectivity index (χ3n) is 12.7. The molecule has 5 aliphatic rings. The average Bonchev–Trinajstić information content (AvgIpc) is 3.33. The van der Waals surface area contributed by atoms with E-state index in [0.717, 1.165) is 0 Å². The van der Waals surface area contributed by atoms with Crippen LogP contribution in [-0.4, -0.2) is 267 Å². The highest BCUT2D eigenvalue weighted by atomic mass is 19.0. The van der Waals surface area contributed by atoms with Gasteiger partial charge in [0, 0.05) is 52.8 Å². The second kappa shape index (κ2) is 28.8. The molecule has 0 aromatic rings. The molecule has 0 aliphatic carbocycles. The van der Waals surface area contributed by atoms with Crippen LogP contribution in [0.3, 0.4) is 0 Å². The lowest BCUT2D eigenvalue weighted by Crippen LogP contribution is -2.63. The minimum atomic E-state index is -1.58. The number of methoxy groups -OCH3 is 3. The molecule has 404 valence electrons. The molecule has 15 N–H and O–H groups in total. The normalized spacial score (nSPS) is 46.6. The summed E-state index contributed by atoms with van der Waals surface area (Å²) in [6.07, 6.45) is -22.9. The van der Waals surface area contributed by atoms with Crippen molar-refractivity contribution in [2.75, 3.05) is 54.4 Å². The molecular weight excluding hydrogens is 911 g/mol. The lowest BCUT2D eigenvalue weighted by atomic mass is 9.85. The number of aliphatic hydroxyl groups excluding tert-OH is 15. The topological polar surface area (TPSA) is 396 Å². The van der Waals surface area contributed by atoms with Crippen molar-refractivity contribution in [3.8, 4) is 0 Å². The molecule has 26 heteroatoms. The molecule has 67 heavy (non-hydrogen) atoms. The predicted molar refractivity (Wildman–Crippen MR) is 227 cm³/mol. The number of halogens is 1. The van der Waals surface area contributed by atoms with Crippen molar-refractivity contribution >= 4 is 0 Å². The molecule has 9 unspecified atom stereocenters. The SMILES string of the molecule is C.CO[C@H]1OC(CO)[C@H](O)[C@H](O)C1C.CO[C@H]1OC(CO)[C@H](O)[C@H](O[C@@H]2OC(CO)[C@H](O)[C@H](O)C2O)C1C.CO[C@H]1OC(CO[C@]2(C)C[C@@H](O)[C@@H](C)C([C@H](O)[C@H](O)CO)O2)[C@H](O)[C@H](O)C1C.[3HH].[3H]F. The summed E-state index contributed by atoms with van der Waals surface area (Å²) in [6, 6.07) is 0. The smallest absolute Gasteiger partial charge is 0.269 e. The van der Waals surface area contributed by atoms with Crippen LogP contribution in [0.1, 0.15) is 49.9 Å². The van der Waals surface area contributed by atoms with Crippen LogP contribution >= 0.6 is 0 Å². The van der Waals surface area contributed by atoms with Gasteiger partial charge in [-0.15, -0.1) is 0 Å². The van der Waals surface area contributed by atoms with Gasteiger partial charge in [-0.3, -0.25) is 4.72 Å². The predicted octanol–water partition coefficient (Wildman–Crippen LogP) is -5.78. The summed E-state index contributed by atoms with van der Waals surface area (Å²) in [7, 11) is 4.30. The standard InChI is InChI=1S/C18H34O10.C14H26O10.C8H16O5.CH4.FH.H2/c1-8-10(20)5-18(3,28-16(8)14(23)11(21)6-19)26-7-12-15(24)13(22)9(2)17(25-4)27-12;1-5-12(9(18)7(4-16)22-13(5)21-2)24-14-11(20)10(19)8(17)6(3-15)23-14;1-4-6(10)7(11)5(3-9)13-8(4)12-2;;;/h8-17,19-24H,5-7H2,1-4H3;5-20H,3-4H2,1-2H3;4-11H,3H2,1-2H3;1H4;2*1H/t8-,9?,10-,11-,12?,13-,14-,15+,16?,17+,18+;5?,6?,7?,8-,9-,10-,11?,12+,13-,14-;4?,5?,6-,7+,8+;;;/m101.../s1/i;;;;;1+2/hT. The summed E-state index contributed by atoms with van der Waals surface area (Å²) in [6.45, 7) is 6.12. The van der Waals surface area contributed by atoms with Crippen molar-refractivity contribution in [1.82, 2.24) is 0 Å². The number of aliphatic hydroxyl groups is 15. The summed E-state index contributed by atoms with van der Waals surface area (Å²) < 4.78 is 67.0. The Morgan fingerprint density at radius 2 is 0.985 bits per heavy atom. The van der Waals surface area contributed by atoms with Gasteiger partial charge in [0.15, 0.2) is 30.9 Å². The van der Waals surface area contributed by atoms with Gasteiger partial charge < -0.3 is 124 Å². The van der Waals surface area contributed by atoms with Crippen molar-refractivity contribution in [2.45, 2.75) is 183 Å². The lowest BCUT2D eigenvalue weighted by Gasteiger charge is -2.47. The fraction of sp³-hybridized carbons (Fsp3) is 1.00. The Hall–Kier alpha value is -1.07. The van der Waals surface area contributed by atoms with E-state index < -0.39 is 172 Å². The largest absolute Gasteiger partial charge is 0.394 e. The van der Waals surface area contributed by atoms with Crippen LogP contribution in [0.15, 0.2) is 0 Å². The van der Waals surface area contributed by atoms with Crippen LogP contribution < -0.4 is 0 Å². The first-order valence-electron chi connectivity index (χ1n) is 22.0. The maximum absolute atomic E-state index is 10.4. The highest BCUT2D eigenvalue weighted by molar-refractivity contribution is 4.95. The van der Waals surface area contributed by atoms with Crippen LogP contribution in [0.4, 0.5) is 4.72 Å². The lowest BCUT2D eigenvalue weighted by molar-refractivity contribution is -0.349. The molecule has 0 radical (unpaired) electrons. The van der Waals surface area contributed by atoms with Gasteiger partial charge >= 0.3 is 0 Å². The van der Waals surface area contributed by atoms with E-state index >= 15 is 0 Å². The molecule has 0 spiro atoms. The molecule has 0 saturated carbocycles. The molecule has 0 aromatic carbocycles. The quantitative estimate of drug-likeness (QED) is 0.0771. The number of ether oxygens (including phenoxy) is 10. The van der Waals surface area contributed by atoms with Gasteiger partial charge in [0.1, 0.15) is 73.2 Å². The molecule has 5 fully saturated rings. The Kier molecular flexibility index (Phi) is 26.7. The number of rotatable bonds is 14. The van der Waals surface area contributed by atoms with Gasteiger partial charge in [0.05, 0.1) is 63.6 Å². The zero-order chi connectivity index (χ0) is 51.2. The first-order chi connectivity index (χ1) is 31.5. The van der Waals surface area contributed by atoms with E-state index in [1.54, 1.807) is 34.6 Å². The Morgan fingerprint density at radius 3 is 1.43 bits per heavy atom. The van der Waals surface area contributed by atoms with Crippen molar-refractivity contribution < 1.29 is 130 Å². The average molecular weight is 999 g/mol. The van der Waals surface area contributed by atoms with Crippen LogP contribution in [-0.2, 0) is 47.4 Å². The van der Waals surface area contributed by atoms with Crippen molar-refractivity contribution in [2.24, 2.45) is 23.7 Å². The summed E-state index contributed by atoms with van der Waals surface area (Å²) in [4.78, 5) is 0. The van der Waals surface area contributed by atoms with E-state index in [0.29, 0.717) is 0 Å². The van der Waals surface area contributed by atoms with Gasteiger partial charge in [-0.25, -0.2) is 0 Å². The zero-order valence-electron chi connectivity index (χ0n) is 39.3. The maximum Gasteiger partial charge on any atom is 0.269 e. The van der Waals surface area contributed by atoms with Gasteiger partial charge in [-0.2, -0.15) is 0 Å². The third-order valence-corrected chi connectivity index (χ3v) is 12.7. The minimum absolute atomic E-state index is 0. The Balaban J connectivity index is 0.00000103. The molecule has 5 heterocycles. The Labute approximate surface area is 392 Å². The van der Waals surface area contributed by atoms with Gasteiger partial charge in [-0.05, 0) is 6.92 Å². The monoisotopic (exact) mass is 999 g/mol. The molecule has 0 aromatic heterocycles. The molecular formula is C41H83FO25. The second-order valence-corrected chi connectivity index (χ2v) is 17.4. The molecule has 25 nitrogen and oxygen atoms in total. The van der Waals surface area contributed by atoms with Crippen molar-refractivity contribution in [3.63, 3.8) is 0 Å². The Bertz CT molecular complexity index is 1320. The third kappa shape index (κ3) is 15.5. The Morgan fingerprint density at radius 1 is 0.582 bits per heavy atom. The number of hydrogen-bond acceptors (Lipinski definition) is 25. The van der Waals surface area contributed by atoms with E-state index in [9.17, 15) is 66.4 Å². The molecule has 5 rings (SSSR count). The number of hydrogen-bond donors (Lipinski definition) is 15. The van der Waals surface area contributed by atoms with E-state index in [2.05, 4.69) is 1.45 Å². The fourth-order valence-corrected chi connectivity index (χ4v) is 8.27. The van der Waals surface area contributed by atoms with Crippen molar-refractivity contribution in [3.05, 3.63) is 0 Å². The first kappa shape index (κ1) is 62.0. The fourth-order valence-electron chi connectivity index (χ4n) is 8.27. The van der Waals surface area contributed by atoms with E-state index in [1.165, 1.54) is 21.3 Å². The molecule has 5 aliphatic heterocycles. The molecule has 0 amide bonds. The summed E-state index contributed by atoms with van der Waals surface area (Å²) >= 11 is 0. The second-order valence-electron chi connectivity index (χ2n) is 17.4. The summed E-state index contributed by atoms with van der Waals surface area (Å²) in [5, 5.41) is 146. The molecule has 26 atom stereocenters. The highest BCUT2D eigenvalue weighted by Gasteiger charge is 2.51. The van der Waals surface area contributed by atoms with E-state index in [1.807, 2.05) is 0 Å². The zero-order valence-corrected chi connectivity index (χ0v) is 38.3. The summed E-state index contributed by atoms with van der Waals surface area (Å²) in [5.41, 5.74) is 0. The van der Waals surface area contributed by atoms with Crippen LogP contribution in [0, 0.1) is 23.7 Å². The van der Waals surface area contributed by atoms with E-state index in [-0.39, 0.29) is 34.4 Å². The summed E-state index contributed by atoms with van der Waals surface area (Å²) in [5.74, 6) is -3.07.